The van der Waals surface area contributed by atoms with Crippen LogP contribution in [0.25, 0.3) is 0 Å². The number of anilines is 2. The molecule has 0 aliphatic carbocycles. The molecule has 2 amide bonds. The van der Waals surface area contributed by atoms with E-state index < -0.39 is 0 Å². The van der Waals surface area contributed by atoms with Crippen molar-refractivity contribution < 1.29 is 4.79 Å². The molecule has 6 nitrogen and oxygen atoms in total. The first-order valence-electron chi connectivity index (χ1n) is 6.40. The number of urea groups is 1. The van der Waals surface area contributed by atoms with Gasteiger partial charge in [0, 0.05) is 24.8 Å². The molecule has 0 saturated carbocycles. The van der Waals surface area contributed by atoms with Crippen molar-refractivity contribution in [3.8, 4) is 0 Å². The molecule has 0 spiro atoms. The van der Waals surface area contributed by atoms with E-state index in [4.69, 9.17) is 5.73 Å². The molecule has 0 radical (unpaired) electrons. The third-order valence-electron chi connectivity index (χ3n) is 2.91. The average molecular weight is 273 g/mol. The highest BCUT2D eigenvalue weighted by Gasteiger charge is 2.08. The summed E-state index contributed by atoms with van der Waals surface area (Å²) in [5.41, 5.74) is 8.34. The zero-order chi connectivity index (χ0) is 14.7. The van der Waals surface area contributed by atoms with Crippen LogP contribution in [0.3, 0.4) is 0 Å². The van der Waals surface area contributed by atoms with E-state index >= 15 is 0 Å². The molecule has 106 valence electrons. The van der Waals surface area contributed by atoms with Crippen molar-refractivity contribution in [1.29, 1.82) is 0 Å². The SMILES string of the molecule is Cc1cc(NC(=O)Nc2cccc(C(C)N)c2)n(C)n1. The molecular formula is C14H19N5O. The Bertz CT molecular complexity index is 618. The Hall–Kier alpha value is -2.34. The number of nitrogens with one attached hydrogen (secondary N) is 2. The van der Waals surface area contributed by atoms with Gasteiger partial charge in [-0.2, -0.15) is 5.10 Å². The van der Waals surface area contributed by atoms with Crippen LogP contribution in [0.4, 0.5) is 16.3 Å². The maximum absolute atomic E-state index is 11.9. The van der Waals surface area contributed by atoms with Crippen LogP contribution in [0.15, 0.2) is 30.3 Å². The zero-order valence-corrected chi connectivity index (χ0v) is 11.8. The van der Waals surface area contributed by atoms with Gasteiger partial charge in [-0.15, -0.1) is 0 Å². The number of carbonyl (C=O) groups excluding carboxylic acids is 1. The lowest BCUT2D eigenvalue weighted by atomic mass is 10.1. The zero-order valence-electron chi connectivity index (χ0n) is 11.8. The third-order valence-corrected chi connectivity index (χ3v) is 2.91. The molecular weight excluding hydrogens is 254 g/mol. The molecule has 0 saturated heterocycles. The summed E-state index contributed by atoms with van der Waals surface area (Å²) < 4.78 is 1.62. The smallest absolute Gasteiger partial charge is 0.324 e. The number of aryl methyl sites for hydroxylation is 2. The quantitative estimate of drug-likeness (QED) is 0.802. The second-order valence-corrected chi connectivity index (χ2v) is 4.79. The maximum atomic E-state index is 11.9. The van der Waals surface area contributed by atoms with Gasteiger partial charge < -0.3 is 11.1 Å². The summed E-state index contributed by atoms with van der Waals surface area (Å²) in [5.74, 6) is 0.642. The second kappa shape index (κ2) is 5.75. The minimum absolute atomic E-state index is 0.0699. The number of amides is 2. The molecule has 0 aliphatic rings. The predicted molar refractivity (Wildman–Crippen MR) is 79.6 cm³/mol. The molecule has 1 atom stereocenters. The van der Waals surface area contributed by atoms with E-state index in [2.05, 4.69) is 15.7 Å². The van der Waals surface area contributed by atoms with Crippen molar-refractivity contribution in [3.63, 3.8) is 0 Å². The Labute approximate surface area is 118 Å². The van der Waals surface area contributed by atoms with E-state index in [-0.39, 0.29) is 12.1 Å². The fraction of sp³-hybridized carbons (Fsp3) is 0.286. The summed E-state index contributed by atoms with van der Waals surface area (Å²) in [4.78, 5) is 11.9. The summed E-state index contributed by atoms with van der Waals surface area (Å²) in [6.07, 6.45) is 0. The monoisotopic (exact) mass is 273 g/mol. The van der Waals surface area contributed by atoms with Crippen molar-refractivity contribution in [2.24, 2.45) is 12.8 Å². The Morgan fingerprint density at radius 1 is 1.35 bits per heavy atom. The first-order valence-corrected chi connectivity index (χ1v) is 6.40. The minimum Gasteiger partial charge on any atom is -0.324 e. The highest BCUT2D eigenvalue weighted by molar-refractivity contribution is 5.99. The van der Waals surface area contributed by atoms with Crippen LogP contribution in [-0.2, 0) is 7.05 Å². The van der Waals surface area contributed by atoms with Gasteiger partial charge in [0.15, 0.2) is 0 Å². The van der Waals surface area contributed by atoms with Gasteiger partial charge in [-0.05, 0) is 31.5 Å². The number of carbonyl (C=O) groups is 1. The molecule has 2 rings (SSSR count). The number of benzene rings is 1. The Morgan fingerprint density at radius 2 is 2.10 bits per heavy atom. The summed E-state index contributed by atoms with van der Waals surface area (Å²) in [5, 5.41) is 9.69. The van der Waals surface area contributed by atoms with Crippen molar-refractivity contribution in [2.75, 3.05) is 10.6 Å². The van der Waals surface area contributed by atoms with Crippen LogP contribution in [0.2, 0.25) is 0 Å². The van der Waals surface area contributed by atoms with Gasteiger partial charge >= 0.3 is 6.03 Å². The molecule has 1 aromatic carbocycles. The predicted octanol–water partition coefficient (Wildman–Crippen LogP) is 2.39. The Kier molecular flexibility index (Phi) is 4.05. The molecule has 0 fully saturated rings. The van der Waals surface area contributed by atoms with Crippen LogP contribution in [0.1, 0.15) is 24.2 Å². The fourth-order valence-corrected chi connectivity index (χ4v) is 1.91. The average Bonchev–Trinajstić information content (AvgIpc) is 2.67. The topological polar surface area (TPSA) is 85.0 Å². The van der Waals surface area contributed by atoms with Gasteiger partial charge in [0.2, 0.25) is 0 Å². The first-order chi connectivity index (χ1) is 9.45. The van der Waals surface area contributed by atoms with Crippen molar-refractivity contribution >= 4 is 17.5 Å². The van der Waals surface area contributed by atoms with Gasteiger partial charge in [-0.25, -0.2) is 4.79 Å². The highest BCUT2D eigenvalue weighted by Crippen LogP contribution is 2.16. The van der Waals surface area contributed by atoms with Crippen LogP contribution < -0.4 is 16.4 Å². The van der Waals surface area contributed by atoms with E-state index in [1.807, 2.05) is 38.1 Å². The molecule has 0 aliphatic heterocycles. The number of rotatable bonds is 3. The minimum atomic E-state index is -0.310. The van der Waals surface area contributed by atoms with Gasteiger partial charge in [0.05, 0.1) is 5.69 Å². The van der Waals surface area contributed by atoms with Gasteiger partial charge in [-0.1, -0.05) is 12.1 Å². The second-order valence-electron chi connectivity index (χ2n) is 4.79. The summed E-state index contributed by atoms with van der Waals surface area (Å²) in [6, 6.07) is 8.89. The lowest BCUT2D eigenvalue weighted by Gasteiger charge is -2.10. The fourth-order valence-electron chi connectivity index (χ4n) is 1.91. The van der Waals surface area contributed by atoms with Gasteiger partial charge in [0.25, 0.3) is 0 Å². The van der Waals surface area contributed by atoms with E-state index in [0.29, 0.717) is 11.5 Å². The van der Waals surface area contributed by atoms with E-state index in [1.54, 1.807) is 17.8 Å². The lowest BCUT2D eigenvalue weighted by Crippen LogP contribution is -2.21. The van der Waals surface area contributed by atoms with E-state index in [0.717, 1.165) is 11.3 Å². The molecule has 6 heteroatoms. The van der Waals surface area contributed by atoms with E-state index in [9.17, 15) is 4.79 Å². The maximum Gasteiger partial charge on any atom is 0.324 e. The van der Waals surface area contributed by atoms with Gasteiger partial charge in [-0.3, -0.25) is 10.00 Å². The van der Waals surface area contributed by atoms with E-state index in [1.165, 1.54) is 0 Å². The molecule has 4 N–H and O–H groups in total. The van der Waals surface area contributed by atoms with Crippen molar-refractivity contribution in [1.82, 2.24) is 9.78 Å². The molecule has 1 heterocycles. The van der Waals surface area contributed by atoms with Crippen LogP contribution in [0, 0.1) is 6.92 Å². The highest BCUT2D eigenvalue weighted by atomic mass is 16.2. The Morgan fingerprint density at radius 3 is 2.70 bits per heavy atom. The van der Waals surface area contributed by atoms with Crippen molar-refractivity contribution in [2.45, 2.75) is 19.9 Å². The van der Waals surface area contributed by atoms with Crippen molar-refractivity contribution in [3.05, 3.63) is 41.6 Å². The summed E-state index contributed by atoms with van der Waals surface area (Å²) in [7, 11) is 1.78. The largest absolute Gasteiger partial charge is 0.324 e. The standard InChI is InChI=1S/C14H19N5O/c1-9-7-13(19(3)18-9)17-14(20)16-12-6-4-5-11(8-12)10(2)15/h4-8,10H,15H2,1-3H3,(H2,16,17,20). The number of aromatic nitrogens is 2. The summed E-state index contributed by atoms with van der Waals surface area (Å²) >= 11 is 0. The number of hydrogen-bond donors (Lipinski definition) is 3. The third kappa shape index (κ3) is 3.36. The number of nitrogens with zero attached hydrogens (tertiary/aromatic N) is 2. The van der Waals surface area contributed by atoms with Crippen LogP contribution in [-0.4, -0.2) is 15.8 Å². The molecule has 0 bridgehead atoms. The molecule has 2 aromatic rings. The van der Waals surface area contributed by atoms with Crippen LogP contribution >= 0.6 is 0 Å². The first kappa shape index (κ1) is 14.1. The normalized spacial score (nSPS) is 12.0. The van der Waals surface area contributed by atoms with Gasteiger partial charge in [0.1, 0.15) is 5.82 Å². The summed E-state index contributed by atoms with van der Waals surface area (Å²) in [6.45, 7) is 3.77. The molecule has 1 unspecified atom stereocenters. The lowest BCUT2D eigenvalue weighted by molar-refractivity contribution is 0.262. The Balaban J connectivity index is 2.04. The molecule has 1 aromatic heterocycles. The molecule has 20 heavy (non-hydrogen) atoms. The number of nitrogens with two attached hydrogens (primary N) is 1. The number of hydrogen-bond acceptors (Lipinski definition) is 3. The van der Waals surface area contributed by atoms with Crippen LogP contribution in [0.5, 0.6) is 0 Å².